The van der Waals surface area contributed by atoms with Crippen LogP contribution in [0.2, 0.25) is 0 Å². The second-order valence-electron chi connectivity index (χ2n) is 5.87. The molecule has 1 atom stereocenters. The first-order valence-corrected chi connectivity index (χ1v) is 7.24. The van der Waals surface area contributed by atoms with Crippen LogP contribution in [0.25, 0.3) is 0 Å². The Morgan fingerprint density at radius 1 is 1.12 bits per heavy atom. The molecular formula is C14H28N2. The zero-order valence-corrected chi connectivity index (χ0v) is 11.0. The zero-order chi connectivity index (χ0) is 11.4. The van der Waals surface area contributed by atoms with Crippen molar-refractivity contribution in [3.63, 3.8) is 0 Å². The summed E-state index contributed by atoms with van der Waals surface area (Å²) in [4.78, 5) is 2.77. The van der Waals surface area contributed by atoms with Crippen LogP contribution in [-0.2, 0) is 0 Å². The first-order chi connectivity index (χ1) is 7.79. The van der Waals surface area contributed by atoms with Crippen molar-refractivity contribution in [1.29, 1.82) is 0 Å². The minimum absolute atomic E-state index is 0.916. The van der Waals surface area contributed by atoms with Crippen LogP contribution in [0.1, 0.15) is 46.0 Å². The molecule has 1 aliphatic heterocycles. The van der Waals surface area contributed by atoms with Crippen LogP contribution in [0.15, 0.2) is 0 Å². The Kier molecular flexibility index (Phi) is 4.66. The molecule has 0 radical (unpaired) electrons. The van der Waals surface area contributed by atoms with E-state index in [0.29, 0.717) is 0 Å². The highest BCUT2D eigenvalue weighted by molar-refractivity contribution is 4.85. The van der Waals surface area contributed by atoms with Crippen molar-refractivity contribution >= 4 is 0 Å². The molecule has 0 amide bonds. The van der Waals surface area contributed by atoms with E-state index in [1.54, 1.807) is 0 Å². The highest BCUT2D eigenvalue weighted by Gasteiger charge is 2.29. The van der Waals surface area contributed by atoms with Gasteiger partial charge in [0.25, 0.3) is 0 Å². The van der Waals surface area contributed by atoms with Crippen LogP contribution in [0.4, 0.5) is 0 Å². The van der Waals surface area contributed by atoms with E-state index < -0.39 is 0 Å². The smallest absolute Gasteiger partial charge is 0.00955 e. The Labute approximate surface area is 101 Å². The van der Waals surface area contributed by atoms with E-state index in [1.807, 2.05) is 0 Å². The molecule has 2 nitrogen and oxygen atoms in total. The average Bonchev–Trinajstić information content (AvgIpc) is 2.76. The van der Waals surface area contributed by atoms with Gasteiger partial charge in [0, 0.05) is 12.6 Å². The summed E-state index contributed by atoms with van der Waals surface area (Å²) in [5, 5.41) is 3.49. The molecule has 94 valence electrons. The summed E-state index contributed by atoms with van der Waals surface area (Å²) >= 11 is 0. The lowest BCUT2D eigenvalue weighted by atomic mass is 9.87. The monoisotopic (exact) mass is 224 g/mol. The summed E-state index contributed by atoms with van der Waals surface area (Å²) in [6.45, 7) is 9.68. The van der Waals surface area contributed by atoms with Gasteiger partial charge in [-0.05, 0) is 63.6 Å². The fraction of sp³-hybridized carbons (Fsp3) is 1.00. The molecule has 2 rings (SSSR count). The second kappa shape index (κ2) is 6.02. The third-order valence-electron chi connectivity index (χ3n) is 4.50. The van der Waals surface area contributed by atoms with Crippen LogP contribution in [0.3, 0.4) is 0 Å². The van der Waals surface area contributed by atoms with Crippen molar-refractivity contribution in [3.05, 3.63) is 0 Å². The maximum Gasteiger partial charge on any atom is 0.00955 e. The van der Waals surface area contributed by atoms with E-state index in [4.69, 9.17) is 0 Å². The van der Waals surface area contributed by atoms with Gasteiger partial charge in [-0.3, -0.25) is 0 Å². The molecule has 1 unspecified atom stereocenters. The molecule has 2 aliphatic rings. The standard InChI is InChI=1S/C14H28N2/c1-3-15-10-13-8-9-16(11-13)14-6-4-12(2)5-7-14/h12-15H,3-11H2,1-2H3. The Bertz CT molecular complexity index is 197. The third kappa shape index (κ3) is 3.21. The molecule has 1 heterocycles. The number of hydrogen-bond donors (Lipinski definition) is 1. The summed E-state index contributed by atoms with van der Waals surface area (Å²) in [5.74, 6) is 1.90. The fourth-order valence-corrected chi connectivity index (χ4v) is 3.32. The Morgan fingerprint density at radius 2 is 1.88 bits per heavy atom. The lowest BCUT2D eigenvalue weighted by molar-refractivity contribution is 0.164. The molecule has 0 aromatic heterocycles. The summed E-state index contributed by atoms with van der Waals surface area (Å²) in [7, 11) is 0. The lowest BCUT2D eigenvalue weighted by Crippen LogP contribution is -2.37. The summed E-state index contributed by atoms with van der Waals surface area (Å²) in [6.07, 6.45) is 7.24. The number of rotatable bonds is 4. The van der Waals surface area contributed by atoms with E-state index in [0.717, 1.165) is 24.4 Å². The number of nitrogens with one attached hydrogen (secondary N) is 1. The molecule has 1 aliphatic carbocycles. The molecule has 0 aromatic rings. The first kappa shape index (κ1) is 12.4. The van der Waals surface area contributed by atoms with Gasteiger partial charge in [0.05, 0.1) is 0 Å². The second-order valence-corrected chi connectivity index (χ2v) is 5.87. The molecule has 16 heavy (non-hydrogen) atoms. The lowest BCUT2D eigenvalue weighted by Gasteiger charge is -2.33. The molecule has 1 saturated carbocycles. The largest absolute Gasteiger partial charge is 0.317 e. The minimum Gasteiger partial charge on any atom is -0.317 e. The predicted octanol–water partition coefficient (Wildman–Crippen LogP) is 2.50. The molecule has 1 N–H and O–H groups in total. The average molecular weight is 224 g/mol. The SMILES string of the molecule is CCNCC1CCN(C2CCC(C)CC2)C1. The van der Waals surface area contributed by atoms with Crippen LogP contribution in [0, 0.1) is 11.8 Å². The van der Waals surface area contributed by atoms with Gasteiger partial charge in [-0.15, -0.1) is 0 Å². The van der Waals surface area contributed by atoms with Gasteiger partial charge in [0.2, 0.25) is 0 Å². The maximum absolute atomic E-state index is 3.49. The Balaban J connectivity index is 1.71. The van der Waals surface area contributed by atoms with E-state index >= 15 is 0 Å². The highest BCUT2D eigenvalue weighted by atomic mass is 15.2. The predicted molar refractivity (Wildman–Crippen MR) is 69.6 cm³/mol. The molecule has 2 fully saturated rings. The van der Waals surface area contributed by atoms with Crippen LogP contribution < -0.4 is 5.32 Å². The van der Waals surface area contributed by atoms with Crippen molar-refractivity contribution in [1.82, 2.24) is 10.2 Å². The van der Waals surface area contributed by atoms with Crippen molar-refractivity contribution in [2.24, 2.45) is 11.8 Å². The highest BCUT2D eigenvalue weighted by Crippen LogP contribution is 2.30. The maximum atomic E-state index is 3.49. The van der Waals surface area contributed by atoms with Gasteiger partial charge in [-0.25, -0.2) is 0 Å². The quantitative estimate of drug-likeness (QED) is 0.789. The van der Waals surface area contributed by atoms with Crippen LogP contribution in [-0.4, -0.2) is 37.1 Å². The van der Waals surface area contributed by atoms with Gasteiger partial charge < -0.3 is 10.2 Å². The Hall–Kier alpha value is -0.0800. The van der Waals surface area contributed by atoms with E-state index in [2.05, 4.69) is 24.1 Å². The number of hydrogen-bond acceptors (Lipinski definition) is 2. The van der Waals surface area contributed by atoms with Crippen molar-refractivity contribution < 1.29 is 0 Å². The fourth-order valence-electron chi connectivity index (χ4n) is 3.32. The molecule has 0 spiro atoms. The third-order valence-corrected chi connectivity index (χ3v) is 4.50. The van der Waals surface area contributed by atoms with Gasteiger partial charge >= 0.3 is 0 Å². The van der Waals surface area contributed by atoms with Crippen molar-refractivity contribution in [2.45, 2.75) is 52.0 Å². The van der Waals surface area contributed by atoms with Gasteiger partial charge in [0.15, 0.2) is 0 Å². The van der Waals surface area contributed by atoms with E-state index in [1.165, 1.54) is 51.7 Å². The van der Waals surface area contributed by atoms with Crippen molar-refractivity contribution in [2.75, 3.05) is 26.2 Å². The summed E-state index contributed by atoms with van der Waals surface area (Å²) < 4.78 is 0. The van der Waals surface area contributed by atoms with Gasteiger partial charge in [-0.2, -0.15) is 0 Å². The Morgan fingerprint density at radius 3 is 2.56 bits per heavy atom. The van der Waals surface area contributed by atoms with Gasteiger partial charge in [-0.1, -0.05) is 13.8 Å². The van der Waals surface area contributed by atoms with E-state index in [-0.39, 0.29) is 0 Å². The summed E-state index contributed by atoms with van der Waals surface area (Å²) in [5.41, 5.74) is 0. The van der Waals surface area contributed by atoms with Crippen molar-refractivity contribution in [3.8, 4) is 0 Å². The topological polar surface area (TPSA) is 15.3 Å². The van der Waals surface area contributed by atoms with Crippen LogP contribution >= 0.6 is 0 Å². The molecule has 2 heteroatoms. The van der Waals surface area contributed by atoms with Crippen LogP contribution in [0.5, 0.6) is 0 Å². The minimum atomic E-state index is 0.916. The molecule has 0 bridgehead atoms. The van der Waals surface area contributed by atoms with E-state index in [9.17, 15) is 0 Å². The molecular weight excluding hydrogens is 196 g/mol. The summed E-state index contributed by atoms with van der Waals surface area (Å²) in [6, 6.07) is 0.919. The number of nitrogens with zero attached hydrogens (tertiary/aromatic N) is 1. The number of likely N-dealkylation sites (tertiary alicyclic amines) is 1. The molecule has 1 saturated heterocycles. The zero-order valence-electron chi connectivity index (χ0n) is 11.0. The first-order valence-electron chi connectivity index (χ1n) is 7.24. The van der Waals surface area contributed by atoms with Gasteiger partial charge in [0.1, 0.15) is 0 Å². The normalized spacial score (nSPS) is 36.8. The molecule has 0 aromatic carbocycles.